The second-order valence-electron chi connectivity index (χ2n) is 4.16. The summed E-state index contributed by atoms with van der Waals surface area (Å²) in [5.74, 6) is 0.963. The van der Waals surface area contributed by atoms with E-state index < -0.39 is 0 Å². The topological polar surface area (TPSA) is 23.5 Å². The lowest BCUT2D eigenvalue weighted by Crippen LogP contribution is -2.36. The highest BCUT2D eigenvalue weighted by molar-refractivity contribution is 4.89. The van der Waals surface area contributed by atoms with E-state index in [9.17, 15) is 0 Å². The molecule has 1 N–H and O–H groups in total. The fourth-order valence-electron chi connectivity index (χ4n) is 2.91. The fraction of sp³-hybridized carbons (Fsp3) is 1.00. The van der Waals surface area contributed by atoms with Crippen LogP contribution in [0.5, 0.6) is 0 Å². The Hall–Kier alpha value is -0.0800. The maximum Gasteiger partial charge on any atom is 0.0558 e. The van der Waals surface area contributed by atoms with Gasteiger partial charge in [-0.1, -0.05) is 12.8 Å². The number of fused-ring (bicyclic) bond motifs is 1. The van der Waals surface area contributed by atoms with E-state index in [4.69, 9.17) is 5.11 Å². The fourth-order valence-corrected chi connectivity index (χ4v) is 2.91. The van der Waals surface area contributed by atoms with Gasteiger partial charge in [-0.05, 0) is 31.7 Å². The van der Waals surface area contributed by atoms with Crippen LogP contribution in [0.15, 0.2) is 0 Å². The van der Waals surface area contributed by atoms with Crippen LogP contribution < -0.4 is 0 Å². The lowest BCUT2D eigenvalue weighted by atomic mass is 9.85. The molecule has 70 valence electrons. The van der Waals surface area contributed by atoms with Crippen molar-refractivity contribution < 1.29 is 5.11 Å². The van der Waals surface area contributed by atoms with E-state index in [1.54, 1.807) is 0 Å². The molecule has 1 saturated heterocycles. The number of hydrogen-bond donors (Lipinski definition) is 1. The first-order valence-corrected chi connectivity index (χ1v) is 5.26. The highest BCUT2D eigenvalue weighted by Gasteiger charge is 2.34. The number of β-amino-alcohol motifs (C(OH)–C–C–N with tert-alkyl or cyclic N) is 1. The second-order valence-corrected chi connectivity index (χ2v) is 4.16. The van der Waals surface area contributed by atoms with Gasteiger partial charge in [-0.2, -0.15) is 0 Å². The van der Waals surface area contributed by atoms with Crippen LogP contribution in [-0.2, 0) is 0 Å². The Bertz CT molecular complexity index is 149. The van der Waals surface area contributed by atoms with Crippen LogP contribution in [-0.4, -0.2) is 35.7 Å². The predicted octanol–water partition coefficient (Wildman–Crippen LogP) is 1.24. The zero-order chi connectivity index (χ0) is 8.39. The molecule has 0 unspecified atom stereocenters. The zero-order valence-corrected chi connectivity index (χ0v) is 7.71. The number of hydrogen-bond acceptors (Lipinski definition) is 2. The van der Waals surface area contributed by atoms with Crippen LogP contribution in [0.3, 0.4) is 0 Å². The summed E-state index contributed by atoms with van der Waals surface area (Å²) in [6.45, 7) is 2.47. The largest absolute Gasteiger partial charge is 0.395 e. The van der Waals surface area contributed by atoms with Crippen LogP contribution in [0.25, 0.3) is 0 Å². The Kier molecular flexibility index (Phi) is 2.66. The molecule has 1 saturated carbocycles. The van der Waals surface area contributed by atoms with E-state index in [-0.39, 0.29) is 0 Å². The second kappa shape index (κ2) is 3.75. The molecule has 1 aliphatic carbocycles. The van der Waals surface area contributed by atoms with Crippen LogP contribution in [0, 0.1) is 5.92 Å². The molecule has 1 heterocycles. The average Bonchev–Trinajstić information content (AvgIpc) is 2.50. The summed E-state index contributed by atoms with van der Waals surface area (Å²) in [4.78, 5) is 2.49. The first-order valence-electron chi connectivity index (χ1n) is 5.26. The van der Waals surface area contributed by atoms with E-state index in [2.05, 4.69) is 4.90 Å². The SMILES string of the molecule is OCCN1CC[C@H]2CCCC[C@H]21. The van der Waals surface area contributed by atoms with Crippen molar-refractivity contribution in [2.45, 2.75) is 38.1 Å². The van der Waals surface area contributed by atoms with Gasteiger partial charge < -0.3 is 5.11 Å². The van der Waals surface area contributed by atoms with Gasteiger partial charge in [-0.3, -0.25) is 4.90 Å². The molecule has 2 aliphatic rings. The summed E-state index contributed by atoms with van der Waals surface area (Å²) in [5.41, 5.74) is 0. The summed E-state index contributed by atoms with van der Waals surface area (Å²) in [7, 11) is 0. The maximum atomic E-state index is 8.88. The van der Waals surface area contributed by atoms with Crippen LogP contribution >= 0.6 is 0 Å². The minimum atomic E-state index is 0.337. The number of rotatable bonds is 2. The highest BCUT2D eigenvalue weighted by atomic mass is 16.3. The summed E-state index contributed by atoms with van der Waals surface area (Å²) in [6, 6.07) is 0.825. The third-order valence-corrected chi connectivity index (χ3v) is 3.51. The molecule has 12 heavy (non-hydrogen) atoms. The Morgan fingerprint density at radius 3 is 2.83 bits per heavy atom. The minimum absolute atomic E-state index is 0.337. The molecule has 2 atom stereocenters. The lowest BCUT2D eigenvalue weighted by Gasteiger charge is -2.31. The lowest BCUT2D eigenvalue weighted by molar-refractivity contribution is 0.147. The Balaban J connectivity index is 1.92. The van der Waals surface area contributed by atoms with Crippen LogP contribution in [0.4, 0.5) is 0 Å². The summed E-state index contributed by atoms with van der Waals surface area (Å²) >= 11 is 0. The van der Waals surface area contributed by atoms with Crippen LogP contribution in [0.2, 0.25) is 0 Å². The maximum absolute atomic E-state index is 8.88. The molecule has 2 nitrogen and oxygen atoms in total. The summed E-state index contributed by atoms with van der Waals surface area (Å²) in [5, 5.41) is 8.88. The number of aliphatic hydroxyl groups excluding tert-OH is 1. The van der Waals surface area contributed by atoms with Gasteiger partial charge in [0.2, 0.25) is 0 Å². The smallest absolute Gasteiger partial charge is 0.0558 e. The molecule has 2 fully saturated rings. The van der Waals surface area contributed by atoms with Gasteiger partial charge in [0.25, 0.3) is 0 Å². The molecule has 2 rings (SSSR count). The normalized spacial score (nSPS) is 36.8. The monoisotopic (exact) mass is 169 g/mol. The molecule has 0 spiro atoms. The van der Waals surface area contributed by atoms with Gasteiger partial charge in [0.1, 0.15) is 0 Å². The number of nitrogens with zero attached hydrogens (tertiary/aromatic N) is 1. The molecular weight excluding hydrogens is 150 g/mol. The van der Waals surface area contributed by atoms with Gasteiger partial charge in [0.05, 0.1) is 6.61 Å². The van der Waals surface area contributed by atoms with E-state index in [0.29, 0.717) is 6.61 Å². The molecule has 0 aromatic carbocycles. The standard InChI is InChI=1S/C10H19NO/c12-8-7-11-6-5-9-3-1-2-4-10(9)11/h9-10,12H,1-8H2/t9-,10-/m1/s1. The van der Waals surface area contributed by atoms with Crippen molar-refractivity contribution in [3.05, 3.63) is 0 Å². The molecular formula is C10H19NO. The zero-order valence-electron chi connectivity index (χ0n) is 7.71. The quantitative estimate of drug-likeness (QED) is 0.672. The molecule has 0 aromatic rings. The van der Waals surface area contributed by atoms with Gasteiger partial charge in [-0.15, -0.1) is 0 Å². The van der Waals surface area contributed by atoms with Crippen molar-refractivity contribution >= 4 is 0 Å². The first kappa shape index (κ1) is 8.52. The van der Waals surface area contributed by atoms with Gasteiger partial charge >= 0.3 is 0 Å². The molecule has 0 aromatic heterocycles. The Morgan fingerprint density at radius 2 is 2.00 bits per heavy atom. The average molecular weight is 169 g/mol. The van der Waals surface area contributed by atoms with E-state index in [0.717, 1.165) is 18.5 Å². The van der Waals surface area contributed by atoms with E-state index >= 15 is 0 Å². The molecule has 1 aliphatic heterocycles. The minimum Gasteiger partial charge on any atom is -0.395 e. The predicted molar refractivity (Wildman–Crippen MR) is 49.0 cm³/mol. The van der Waals surface area contributed by atoms with Crippen molar-refractivity contribution in [3.63, 3.8) is 0 Å². The van der Waals surface area contributed by atoms with Crippen LogP contribution in [0.1, 0.15) is 32.1 Å². The van der Waals surface area contributed by atoms with Gasteiger partial charge in [0, 0.05) is 12.6 Å². The van der Waals surface area contributed by atoms with E-state index in [1.165, 1.54) is 38.6 Å². The van der Waals surface area contributed by atoms with Crippen molar-refractivity contribution in [2.24, 2.45) is 5.92 Å². The third kappa shape index (κ3) is 1.50. The van der Waals surface area contributed by atoms with Crippen molar-refractivity contribution in [1.29, 1.82) is 0 Å². The van der Waals surface area contributed by atoms with Crippen molar-refractivity contribution in [1.82, 2.24) is 4.90 Å². The Labute approximate surface area is 74.6 Å². The first-order chi connectivity index (χ1) is 5.92. The van der Waals surface area contributed by atoms with Crippen molar-refractivity contribution in [3.8, 4) is 0 Å². The van der Waals surface area contributed by atoms with Gasteiger partial charge in [0.15, 0.2) is 0 Å². The number of aliphatic hydroxyl groups is 1. The van der Waals surface area contributed by atoms with Crippen molar-refractivity contribution in [2.75, 3.05) is 19.7 Å². The third-order valence-electron chi connectivity index (χ3n) is 3.51. The highest BCUT2D eigenvalue weighted by Crippen LogP contribution is 2.35. The van der Waals surface area contributed by atoms with E-state index in [1.807, 2.05) is 0 Å². The molecule has 0 amide bonds. The Morgan fingerprint density at radius 1 is 1.17 bits per heavy atom. The summed E-state index contributed by atoms with van der Waals surface area (Å²) in [6.07, 6.45) is 7.04. The molecule has 2 heteroatoms. The summed E-state index contributed by atoms with van der Waals surface area (Å²) < 4.78 is 0. The van der Waals surface area contributed by atoms with Gasteiger partial charge in [-0.25, -0.2) is 0 Å². The molecule has 0 radical (unpaired) electrons. The number of likely N-dealkylation sites (tertiary alicyclic amines) is 1. The molecule has 0 bridgehead atoms.